The van der Waals surface area contributed by atoms with Gasteiger partial charge in [0.2, 0.25) is 0 Å². The fraction of sp³-hybridized carbons (Fsp3) is 1.00. The summed E-state index contributed by atoms with van der Waals surface area (Å²) >= 11 is 0. The summed E-state index contributed by atoms with van der Waals surface area (Å²) in [5.41, 5.74) is 0.881. The number of hydrogen-bond donors (Lipinski definition) is 1. The summed E-state index contributed by atoms with van der Waals surface area (Å²) in [6.45, 7) is 10.9. The Labute approximate surface area is 133 Å². The second-order valence-corrected chi connectivity index (χ2v) is 7.61. The van der Waals surface area contributed by atoms with E-state index in [4.69, 9.17) is 0 Å². The first-order valence-electron chi connectivity index (χ1n) is 9.70. The molecular formula is C19H38N2. The van der Waals surface area contributed by atoms with Gasteiger partial charge in [-0.1, -0.05) is 59.3 Å². The summed E-state index contributed by atoms with van der Waals surface area (Å²) < 4.78 is 0. The number of unbranched alkanes of at least 4 members (excludes halogenated alkanes) is 3. The molecule has 2 fully saturated rings. The third kappa shape index (κ3) is 4.01. The number of piperazine rings is 1. The predicted molar refractivity (Wildman–Crippen MR) is 92.8 cm³/mol. The van der Waals surface area contributed by atoms with E-state index in [1.165, 1.54) is 90.3 Å². The van der Waals surface area contributed by atoms with Gasteiger partial charge in [-0.2, -0.15) is 0 Å². The van der Waals surface area contributed by atoms with Crippen LogP contribution in [0.4, 0.5) is 0 Å². The quantitative estimate of drug-likeness (QED) is 0.683. The van der Waals surface area contributed by atoms with Gasteiger partial charge in [-0.05, 0) is 38.6 Å². The summed E-state index contributed by atoms with van der Waals surface area (Å²) in [4.78, 5) is 2.89. The van der Waals surface area contributed by atoms with Crippen LogP contribution < -0.4 is 5.32 Å². The molecule has 1 heterocycles. The molecule has 2 nitrogen and oxygen atoms in total. The van der Waals surface area contributed by atoms with Crippen molar-refractivity contribution in [3.63, 3.8) is 0 Å². The Balaban J connectivity index is 2.00. The molecule has 124 valence electrons. The Hall–Kier alpha value is -0.0800. The van der Waals surface area contributed by atoms with E-state index < -0.39 is 0 Å². The minimum absolute atomic E-state index is 0.426. The zero-order chi connectivity index (χ0) is 15.2. The van der Waals surface area contributed by atoms with Crippen LogP contribution in [0.5, 0.6) is 0 Å². The third-order valence-electron chi connectivity index (χ3n) is 6.37. The van der Waals surface area contributed by atoms with Gasteiger partial charge in [0.15, 0.2) is 0 Å². The summed E-state index contributed by atoms with van der Waals surface area (Å²) in [5, 5.41) is 4.02. The molecule has 0 atom stereocenters. The summed E-state index contributed by atoms with van der Waals surface area (Å²) in [7, 11) is 0. The third-order valence-corrected chi connectivity index (χ3v) is 6.37. The van der Waals surface area contributed by atoms with Crippen LogP contribution in [0.15, 0.2) is 0 Å². The molecule has 1 saturated heterocycles. The minimum Gasteiger partial charge on any atom is -0.308 e. The summed E-state index contributed by atoms with van der Waals surface area (Å²) in [6, 6.07) is 0. The molecule has 21 heavy (non-hydrogen) atoms. The summed E-state index contributed by atoms with van der Waals surface area (Å²) in [6.07, 6.45) is 15.3. The van der Waals surface area contributed by atoms with Gasteiger partial charge in [-0.15, -0.1) is 0 Å². The van der Waals surface area contributed by atoms with Crippen molar-refractivity contribution < 1.29 is 0 Å². The van der Waals surface area contributed by atoms with Gasteiger partial charge in [0, 0.05) is 24.2 Å². The van der Waals surface area contributed by atoms with Crippen LogP contribution >= 0.6 is 0 Å². The molecule has 2 aliphatic rings. The Morgan fingerprint density at radius 1 is 0.905 bits per heavy atom. The highest BCUT2D eigenvalue weighted by Crippen LogP contribution is 2.37. The smallest absolute Gasteiger partial charge is 0.0329 e. The second-order valence-electron chi connectivity index (χ2n) is 7.61. The van der Waals surface area contributed by atoms with Crippen LogP contribution in [-0.2, 0) is 0 Å². The Bertz CT molecular complexity index is 290. The molecule has 2 rings (SSSR count). The monoisotopic (exact) mass is 294 g/mol. The van der Waals surface area contributed by atoms with Crippen molar-refractivity contribution in [1.29, 1.82) is 0 Å². The largest absolute Gasteiger partial charge is 0.308 e. The van der Waals surface area contributed by atoms with E-state index in [-0.39, 0.29) is 0 Å². The van der Waals surface area contributed by atoms with Gasteiger partial charge in [0.1, 0.15) is 0 Å². The number of nitrogens with one attached hydrogen (secondary N) is 1. The van der Waals surface area contributed by atoms with Gasteiger partial charge >= 0.3 is 0 Å². The van der Waals surface area contributed by atoms with Gasteiger partial charge in [0.05, 0.1) is 0 Å². The van der Waals surface area contributed by atoms with Crippen LogP contribution in [-0.4, -0.2) is 35.6 Å². The molecule has 0 aromatic rings. The van der Waals surface area contributed by atoms with Crippen molar-refractivity contribution in [3.8, 4) is 0 Å². The second kappa shape index (κ2) is 7.97. The molecule has 1 saturated carbocycles. The fourth-order valence-electron chi connectivity index (χ4n) is 4.61. The molecule has 0 aromatic carbocycles. The first-order chi connectivity index (χ1) is 10.2. The molecule has 1 spiro atoms. The van der Waals surface area contributed by atoms with Crippen molar-refractivity contribution in [3.05, 3.63) is 0 Å². The molecular weight excluding hydrogens is 256 g/mol. The summed E-state index contributed by atoms with van der Waals surface area (Å²) in [5.74, 6) is 0. The molecule has 0 aromatic heterocycles. The number of rotatable bonds is 7. The first kappa shape index (κ1) is 17.3. The maximum atomic E-state index is 4.02. The highest BCUT2D eigenvalue weighted by atomic mass is 15.3. The topological polar surface area (TPSA) is 15.3 Å². The van der Waals surface area contributed by atoms with E-state index in [0.717, 1.165) is 0 Å². The van der Waals surface area contributed by atoms with Crippen LogP contribution in [0.3, 0.4) is 0 Å². The van der Waals surface area contributed by atoms with Crippen molar-refractivity contribution in [1.82, 2.24) is 10.2 Å². The van der Waals surface area contributed by atoms with Crippen molar-refractivity contribution in [2.75, 3.05) is 19.6 Å². The van der Waals surface area contributed by atoms with E-state index in [0.29, 0.717) is 11.1 Å². The average Bonchev–Trinajstić information content (AvgIpc) is 2.53. The van der Waals surface area contributed by atoms with E-state index in [2.05, 4.69) is 31.0 Å². The predicted octanol–water partition coefficient (Wildman–Crippen LogP) is 4.73. The molecule has 1 aliphatic heterocycles. The van der Waals surface area contributed by atoms with Crippen LogP contribution in [0.2, 0.25) is 0 Å². The minimum atomic E-state index is 0.426. The standard InChI is InChI=1S/C19H38N2/c1-4-7-8-12-15-21-17-18(13-10-9-11-14-18)20-16-19(21,5-2)6-3/h20H,4-17H2,1-3H3. The fourth-order valence-corrected chi connectivity index (χ4v) is 4.61. The molecule has 1 N–H and O–H groups in total. The molecule has 0 amide bonds. The maximum absolute atomic E-state index is 4.02. The zero-order valence-corrected chi connectivity index (χ0v) is 14.8. The number of nitrogens with zero attached hydrogens (tertiary/aromatic N) is 1. The van der Waals surface area contributed by atoms with Gasteiger partial charge < -0.3 is 5.32 Å². The average molecular weight is 295 g/mol. The lowest BCUT2D eigenvalue weighted by Crippen LogP contribution is -2.70. The normalized spacial score (nSPS) is 25.3. The van der Waals surface area contributed by atoms with Gasteiger partial charge in [0.25, 0.3) is 0 Å². The molecule has 0 unspecified atom stereocenters. The van der Waals surface area contributed by atoms with E-state index in [1.807, 2.05) is 0 Å². The SMILES string of the molecule is CCCCCCN1CC2(CCCCC2)NCC1(CC)CC. The van der Waals surface area contributed by atoms with Crippen molar-refractivity contribution in [2.24, 2.45) is 0 Å². The van der Waals surface area contributed by atoms with E-state index >= 15 is 0 Å². The van der Waals surface area contributed by atoms with Gasteiger partial charge in [-0.3, -0.25) is 4.90 Å². The maximum Gasteiger partial charge on any atom is 0.0329 e. The number of hydrogen-bond acceptors (Lipinski definition) is 2. The highest BCUT2D eigenvalue weighted by molar-refractivity contribution is 5.05. The zero-order valence-electron chi connectivity index (χ0n) is 14.8. The van der Waals surface area contributed by atoms with Crippen LogP contribution in [0.1, 0.15) is 91.4 Å². The lowest BCUT2D eigenvalue weighted by atomic mass is 9.75. The molecule has 0 bridgehead atoms. The highest BCUT2D eigenvalue weighted by Gasteiger charge is 2.45. The molecule has 1 aliphatic carbocycles. The lowest BCUT2D eigenvalue weighted by Gasteiger charge is -2.56. The molecule has 0 radical (unpaired) electrons. The van der Waals surface area contributed by atoms with Crippen LogP contribution in [0.25, 0.3) is 0 Å². The Kier molecular flexibility index (Phi) is 6.55. The van der Waals surface area contributed by atoms with E-state index in [9.17, 15) is 0 Å². The van der Waals surface area contributed by atoms with Crippen molar-refractivity contribution >= 4 is 0 Å². The van der Waals surface area contributed by atoms with Crippen molar-refractivity contribution in [2.45, 2.75) is 102 Å². The molecule has 2 heteroatoms. The van der Waals surface area contributed by atoms with Gasteiger partial charge in [-0.25, -0.2) is 0 Å². The van der Waals surface area contributed by atoms with Crippen LogP contribution in [0, 0.1) is 0 Å². The Morgan fingerprint density at radius 2 is 1.62 bits per heavy atom. The van der Waals surface area contributed by atoms with E-state index in [1.54, 1.807) is 0 Å². The first-order valence-corrected chi connectivity index (χ1v) is 9.70. The lowest BCUT2D eigenvalue weighted by molar-refractivity contribution is -0.0151. The Morgan fingerprint density at radius 3 is 2.24 bits per heavy atom.